The molecule has 0 N–H and O–H groups in total. The Morgan fingerprint density at radius 1 is 1.03 bits per heavy atom. The number of nitrogens with zero attached hydrogens (tertiary/aromatic N) is 3. The first-order valence-electron chi connectivity index (χ1n) is 11.9. The molecule has 0 radical (unpaired) electrons. The third-order valence-electron chi connectivity index (χ3n) is 6.09. The molecule has 1 amide bonds. The summed E-state index contributed by atoms with van der Waals surface area (Å²) in [6, 6.07) is 17.4. The molecule has 0 spiro atoms. The number of hydrogen-bond donors (Lipinski definition) is 0. The highest BCUT2D eigenvalue weighted by molar-refractivity contribution is 5.94. The van der Waals surface area contributed by atoms with Crippen LogP contribution >= 0.6 is 0 Å². The minimum Gasteiger partial charge on any atom is -0.492 e. The van der Waals surface area contributed by atoms with Crippen LogP contribution in [0.4, 0.5) is 13.2 Å². The Kier molecular flexibility index (Phi) is 7.33. The third kappa shape index (κ3) is 5.07. The second-order valence-corrected chi connectivity index (χ2v) is 8.37. The molecule has 3 aromatic carbocycles. The summed E-state index contributed by atoms with van der Waals surface area (Å²) in [7, 11) is 0. The number of carbonyl (C=O) groups is 1. The first-order chi connectivity index (χ1) is 17.7. The molecule has 1 heterocycles. The number of benzene rings is 3. The van der Waals surface area contributed by atoms with E-state index in [9.17, 15) is 22.8 Å². The SMILES string of the molecule is CCOc1ccccc1-n1c(C(C)N(CC)C(=O)c2cccc(C(F)(F)F)c2)nc2ccccc2c1=O. The van der Waals surface area contributed by atoms with E-state index in [1.807, 2.05) is 6.92 Å². The van der Waals surface area contributed by atoms with Crippen molar-refractivity contribution in [3.63, 3.8) is 0 Å². The fraction of sp³-hybridized carbons (Fsp3) is 0.250. The Bertz CT molecular complexity index is 1500. The predicted octanol–water partition coefficient (Wildman–Crippen LogP) is 6.03. The third-order valence-corrected chi connectivity index (χ3v) is 6.09. The van der Waals surface area contributed by atoms with Crippen LogP contribution in [0.1, 0.15) is 48.6 Å². The molecule has 1 aromatic heterocycles. The van der Waals surface area contributed by atoms with Gasteiger partial charge < -0.3 is 9.64 Å². The normalized spacial score (nSPS) is 12.4. The highest BCUT2D eigenvalue weighted by Gasteiger charge is 2.32. The highest BCUT2D eigenvalue weighted by atomic mass is 19.4. The maximum absolute atomic E-state index is 13.8. The lowest BCUT2D eigenvalue weighted by molar-refractivity contribution is -0.137. The van der Waals surface area contributed by atoms with E-state index < -0.39 is 23.7 Å². The molecule has 6 nitrogen and oxygen atoms in total. The van der Waals surface area contributed by atoms with Gasteiger partial charge in [-0.25, -0.2) is 4.98 Å². The number of aromatic nitrogens is 2. The number of hydrogen-bond acceptors (Lipinski definition) is 4. The van der Waals surface area contributed by atoms with Crippen LogP contribution in [-0.2, 0) is 6.18 Å². The van der Waals surface area contributed by atoms with Crippen LogP contribution in [0.5, 0.6) is 5.75 Å². The first-order valence-corrected chi connectivity index (χ1v) is 11.9. The number of fused-ring (bicyclic) bond motifs is 1. The number of ether oxygens (including phenoxy) is 1. The molecule has 0 bridgehead atoms. The second kappa shape index (κ2) is 10.5. The van der Waals surface area contributed by atoms with Crippen molar-refractivity contribution < 1.29 is 22.7 Å². The fourth-order valence-electron chi connectivity index (χ4n) is 4.31. The smallest absolute Gasteiger partial charge is 0.416 e. The van der Waals surface area contributed by atoms with E-state index >= 15 is 0 Å². The monoisotopic (exact) mass is 509 g/mol. The van der Waals surface area contributed by atoms with E-state index in [-0.39, 0.29) is 23.5 Å². The highest BCUT2D eigenvalue weighted by Crippen LogP contribution is 2.31. The predicted molar refractivity (Wildman–Crippen MR) is 135 cm³/mol. The van der Waals surface area contributed by atoms with Gasteiger partial charge in [-0.3, -0.25) is 14.2 Å². The van der Waals surface area contributed by atoms with Crippen molar-refractivity contribution in [3.05, 3.63) is 100 Å². The van der Waals surface area contributed by atoms with Gasteiger partial charge in [-0.2, -0.15) is 13.2 Å². The zero-order valence-corrected chi connectivity index (χ0v) is 20.6. The Morgan fingerprint density at radius 3 is 2.43 bits per heavy atom. The van der Waals surface area contributed by atoms with Crippen molar-refractivity contribution in [1.29, 1.82) is 0 Å². The minimum atomic E-state index is -4.58. The van der Waals surface area contributed by atoms with E-state index in [0.717, 1.165) is 12.1 Å². The zero-order chi connectivity index (χ0) is 26.7. The molecule has 192 valence electrons. The van der Waals surface area contributed by atoms with E-state index in [4.69, 9.17) is 9.72 Å². The van der Waals surface area contributed by atoms with Crippen molar-refractivity contribution in [3.8, 4) is 11.4 Å². The van der Waals surface area contributed by atoms with Gasteiger partial charge in [0.15, 0.2) is 0 Å². The van der Waals surface area contributed by atoms with Crippen molar-refractivity contribution in [2.24, 2.45) is 0 Å². The summed E-state index contributed by atoms with van der Waals surface area (Å²) in [4.78, 5) is 33.4. The van der Waals surface area contributed by atoms with Gasteiger partial charge in [-0.05, 0) is 63.2 Å². The maximum atomic E-state index is 13.8. The van der Waals surface area contributed by atoms with E-state index in [1.165, 1.54) is 21.6 Å². The molecule has 0 aliphatic carbocycles. The topological polar surface area (TPSA) is 64.4 Å². The summed E-state index contributed by atoms with van der Waals surface area (Å²) >= 11 is 0. The van der Waals surface area contributed by atoms with Crippen LogP contribution in [0.3, 0.4) is 0 Å². The van der Waals surface area contributed by atoms with Gasteiger partial charge in [0.05, 0.1) is 34.8 Å². The van der Waals surface area contributed by atoms with Crippen molar-refractivity contribution >= 4 is 16.8 Å². The van der Waals surface area contributed by atoms with Gasteiger partial charge in [-0.1, -0.05) is 30.3 Å². The van der Waals surface area contributed by atoms with Crippen LogP contribution in [0.15, 0.2) is 77.6 Å². The molecular weight excluding hydrogens is 483 g/mol. The van der Waals surface area contributed by atoms with Crippen LogP contribution in [-0.4, -0.2) is 33.5 Å². The van der Waals surface area contributed by atoms with Gasteiger partial charge in [0.1, 0.15) is 11.6 Å². The fourth-order valence-corrected chi connectivity index (χ4v) is 4.31. The molecule has 4 rings (SSSR count). The lowest BCUT2D eigenvalue weighted by Crippen LogP contribution is -2.37. The number of carbonyl (C=O) groups excluding carboxylic acids is 1. The summed E-state index contributed by atoms with van der Waals surface area (Å²) in [6.45, 7) is 5.79. The van der Waals surface area contributed by atoms with E-state index in [0.29, 0.717) is 28.9 Å². The quantitative estimate of drug-likeness (QED) is 0.305. The van der Waals surface area contributed by atoms with Gasteiger partial charge >= 0.3 is 6.18 Å². The first kappa shape index (κ1) is 25.9. The molecular formula is C28H26F3N3O3. The summed E-state index contributed by atoms with van der Waals surface area (Å²) in [5.41, 5.74) is -0.456. The van der Waals surface area contributed by atoms with Gasteiger partial charge in [0, 0.05) is 12.1 Å². The lowest BCUT2D eigenvalue weighted by Gasteiger charge is -2.30. The maximum Gasteiger partial charge on any atom is 0.416 e. The molecule has 9 heteroatoms. The van der Waals surface area contributed by atoms with Crippen LogP contribution in [0, 0.1) is 0 Å². The molecule has 4 aromatic rings. The molecule has 0 saturated carbocycles. The molecule has 0 aliphatic heterocycles. The summed E-state index contributed by atoms with van der Waals surface area (Å²) < 4.78 is 47.0. The lowest BCUT2D eigenvalue weighted by atomic mass is 10.1. The molecule has 1 unspecified atom stereocenters. The number of rotatable bonds is 7. The van der Waals surface area contributed by atoms with E-state index in [1.54, 1.807) is 62.4 Å². The number of halogens is 3. The summed E-state index contributed by atoms with van der Waals surface area (Å²) in [6.07, 6.45) is -4.58. The Hall–Kier alpha value is -4.14. The van der Waals surface area contributed by atoms with Crippen molar-refractivity contribution in [1.82, 2.24) is 14.5 Å². The van der Waals surface area contributed by atoms with Crippen LogP contribution in [0.25, 0.3) is 16.6 Å². The number of alkyl halides is 3. The zero-order valence-electron chi connectivity index (χ0n) is 20.6. The van der Waals surface area contributed by atoms with Crippen molar-refractivity contribution in [2.75, 3.05) is 13.2 Å². The average Bonchev–Trinajstić information content (AvgIpc) is 2.89. The minimum absolute atomic E-state index is 0.104. The Morgan fingerprint density at radius 2 is 1.73 bits per heavy atom. The molecule has 0 aliphatic rings. The largest absolute Gasteiger partial charge is 0.492 e. The second-order valence-electron chi connectivity index (χ2n) is 8.37. The molecule has 0 saturated heterocycles. The number of para-hydroxylation sites is 3. The standard InChI is InChI=1S/C28H26F3N3O3/c1-4-33(26(35)19-11-10-12-20(17-19)28(29,30)31)18(3)25-32-22-14-7-6-13-21(22)27(36)34(25)23-15-8-9-16-24(23)37-5-2/h6-18H,4-5H2,1-3H3. The molecule has 0 fully saturated rings. The Balaban J connectivity index is 1.89. The Labute approximate surface area is 211 Å². The summed E-state index contributed by atoms with van der Waals surface area (Å²) in [5, 5.41) is 0.386. The van der Waals surface area contributed by atoms with Crippen LogP contribution in [0.2, 0.25) is 0 Å². The number of amides is 1. The van der Waals surface area contributed by atoms with E-state index in [2.05, 4.69) is 0 Å². The van der Waals surface area contributed by atoms with Crippen LogP contribution < -0.4 is 10.3 Å². The van der Waals surface area contributed by atoms with Gasteiger partial charge in [0.25, 0.3) is 11.5 Å². The van der Waals surface area contributed by atoms with Crippen molar-refractivity contribution in [2.45, 2.75) is 33.0 Å². The average molecular weight is 510 g/mol. The molecule has 1 atom stereocenters. The van der Waals surface area contributed by atoms with Gasteiger partial charge in [-0.15, -0.1) is 0 Å². The summed E-state index contributed by atoms with van der Waals surface area (Å²) in [5.74, 6) is 0.121. The van der Waals surface area contributed by atoms with Gasteiger partial charge in [0.2, 0.25) is 0 Å². The molecule has 37 heavy (non-hydrogen) atoms.